The van der Waals surface area contributed by atoms with Gasteiger partial charge in [-0.05, 0) is 24.3 Å². The monoisotopic (exact) mass is 346 g/mol. The van der Waals surface area contributed by atoms with Crippen LogP contribution in [0.3, 0.4) is 0 Å². The maximum atomic E-state index is 12.2. The quantitative estimate of drug-likeness (QED) is 0.887. The highest BCUT2D eigenvalue weighted by molar-refractivity contribution is 7.92. The molecule has 2 N–H and O–H groups in total. The molecular formula is C12H8Cl2N2O4S. The Hall–Kier alpha value is -1.83. The van der Waals surface area contributed by atoms with Crippen LogP contribution >= 0.6 is 23.2 Å². The number of aromatic carboxylic acids is 1. The second kappa shape index (κ2) is 5.88. The molecule has 110 valence electrons. The van der Waals surface area contributed by atoms with E-state index in [1.54, 1.807) is 0 Å². The lowest BCUT2D eigenvalue weighted by atomic mass is 10.3. The summed E-state index contributed by atoms with van der Waals surface area (Å²) < 4.78 is 26.6. The van der Waals surface area contributed by atoms with Crippen molar-refractivity contribution in [3.8, 4) is 0 Å². The molecule has 6 nitrogen and oxygen atoms in total. The van der Waals surface area contributed by atoms with Crippen LogP contribution in [0.25, 0.3) is 0 Å². The maximum Gasteiger partial charge on any atom is 0.337 e. The van der Waals surface area contributed by atoms with Crippen molar-refractivity contribution in [2.75, 3.05) is 4.72 Å². The number of sulfonamides is 1. The number of hydrogen-bond acceptors (Lipinski definition) is 4. The van der Waals surface area contributed by atoms with Gasteiger partial charge in [0.05, 0.1) is 15.6 Å². The van der Waals surface area contributed by atoms with Crippen molar-refractivity contribution in [2.45, 2.75) is 4.90 Å². The third kappa shape index (κ3) is 3.44. The van der Waals surface area contributed by atoms with Crippen LogP contribution in [0.5, 0.6) is 0 Å². The van der Waals surface area contributed by atoms with Crippen LogP contribution in [0.15, 0.2) is 41.4 Å². The molecule has 0 aliphatic heterocycles. The predicted octanol–water partition coefficient (Wildman–Crippen LogP) is 2.89. The molecule has 21 heavy (non-hydrogen) atoms. The van der Waals surface area contributed by atoms with Crippen LogP contribution < -0.4 is 4.72 Å². The zero-order valence-electron chi connectivity index (χ0n) is 10.2. The van der Waals surface area contributed by atoms with Crippen molar-refractivity contribution in [1.29, 1.82) is 0 Å². The summed E-state index contributed by atoms with van der Waals surface area (Å²) >= 11 is 11.6. The Balaban J connectivity index is 2.33. The van der Waals surface area contributed by atoms with E-state index in [2.05, 4.69) is 9.71 Å². The highest BCUT2D eigenvalue weighted by Crippen LogP contribution is 2.29. The van der Waals surface area contributed by atoms with Gasteiger partial charge in [0.25, 0.3) is 10.0 Å². The number of carboxylic acid groups (broad SMARTS) is 1. The highest BCUT2D eigenvalue weighted by Gasteiger charge is 2.20. The second-order valence-electron chi connectivity index (χ2n) is 3.89. The highest BCUT2D eigenvalue weighted by atomic mass is 35.5. The molecule has 9 heteroatoms. The van der Waals surface area contributed by atoms with Crippen molar-refractivity contribution in [3.05, 3.63) is 52.1 Å². The van der Waals surface area contributed by atoms with Crippen molar-refractivity contribution in [1.82, 2.24) is 4.98 Å². The van der Waals surface area contributed by atoms with Crippen molar-refractivity contribution >= 4 is 45.0 Å². The van der Waals surface area contributed by atoms with Gasteiger partial charge in [-0.1, -0.05) is 29.3 Å². The zero-order chi connectivity index (χ0) is 15.6. The van der Waals surface area contributed by atoms with E-state index in [9.17, 15) is 13.2 Å². The number of halogens is 2. The molecule has 0 aliphatic rings. The van der Waals surface area contributed by atoms with Gasteiger partial charge >= 0.3 is 5.97 Å². The number of hydrogen-bond donors (Lipinski definition) is 2. The minimum atomic E-state index is -3.98. The first-order valence-corrected chi connectivity index (χ1v) is 7.71. The predicted molar refractivity (Wildman–Crippen MR) is 78.5 cm³/mol. The fourth-order valence-electron chi connectivity index (χ4n) is 1.46. The van der Waals surface area contributed by atoms with Crippen LogP contribution in [0.4, 0.5) is 5.82 Å². The first-order chi connectivity index (χ1) is 9.81. The molecule has 0 saturated carbocycles. The van der Waals surface area contributed by atoms with Crippen LogP contribution in [-0.4, -0.2) is 24.5 Å². The fraction of sp³-hybridized carbons (Fsp3) is 0. The summed E-state index contributed by atoms with van der Waals surface area (Å²) in [6.45, 7) is 0. The molecule has 1 heterocycles. The Morgan fingerprint density at radius 1 is 1.19 bits per heavy atom. The SMILES string of the molecule is O=C(O)c1ccc(NS(=O)(=O)c2cccc(Cl)c2Cl)nc1. The van der Waals surface area contributed by atoms with Crippen molar-refractivity contribution in [2.24, 2.45) is 0 Å². The Kier molecular flexibility index (Phi) is 4.36. The summed E-state index contributed by atoms with van der Waals surface area (Å²) in [7, 11) is -3.98. The molecule has 0 bridgehead atoms. The number of rotatable bonds is 4. The number of carbonyl (C=O) groups is 1. The van der Waals surface area contributed by atoms with Gasteiger partial charge in [-0.2, -0.15) is 0 Å². The minimum absolute atomic E-state index is 0.0314. The molecule has 0 fully saturated rings. The van der Waals surface area contributed by atoms with Gasteiger partial charge in [-0.3, -0.25) is 4.72 Å². The van der Waals surface area contributed by atoms with E-state index in [-0.39, 0.29) is 26.3 Å². The zero-order valence-corrected chi connectivity index (χ0v) is 12.6. The Bertz CT molecular complexity index is 791. The molecule has 2 aromatic rings. The fourth-order valence-corrected chi connectivity index (χ4v) is 3.24. The van der Waals surface area contributed by atoms with Gasteiger partial charge in [0.2, 0.25) is 0 Å². The average molecular weight is 347 g/mol. The maximum absolute atomic E-state index is 12.2. The van der Waals surface area contributed by atoms with E-state index in [4.69, 9.17) is 28.3 Å². The summed E-state index contributed by atoms with van der Waals surface area (Å²) in [5.74, 6) is -1.19. The largest absolute Gasteiger partial charge is 0.478 e. The third-order valence-electron chi connectivity index (χ3n) is 2.46. The number of nitrogens with zero attached hydrogens (tertiary/aromatic N) is 1. The van der Waals surface area contributed by atoms with Gasteiger partial charge in [-0.25, -0.2) is 18.2 Å². The van der Waals surface area contributed by atoms with E-state index in [0.29, 0.717) is 0 Å². The van der Waals surface area contributed by atoms with Crippen LogP contribution in [0.2, 0.25) is 10.0 Å². The molecule has 0 atom stereocenters. The van der Waals surface area contributed by atoms with Crippen LogP contribution in [0, 0.1) is 0 Å². The molecule has 0 aliphatic carbocycles. The summed E-state index contributed by atoms with van der Waals surface area (Å²) in [6.07, 6.45) is 1.04. The van der Waals surface area contributed by atoms with E-state index in [0.717, 1.165) is 6.20 Å². The molecule has 0 unspecified atom stereocenters. The first kappa shape index (κ1) is 15.6. The van der Waals surface area contributed by atoms with Crippen LogP contribution in [-0.2, 0) is 10.0 Å². The van der Waals surface area contributed by atoms with Gasteiger partial charge in [0.15, 0.2) is 0 Å². The number of anilines is 1. The molecule has 0 amide bonds. The van der Waals surface area contributed by atoms with Crippen LogP contribution in [0.1, 0.15) is 10.4 Å². The van der Waals surface area contributed by atoms with Gasteiger partial charge in [0.1, 0.15) is 10.7 Å². The summed E-state index contributed by atoms with van der Waals surface area (Å²) in [5, 5.41) is 8.74. The minimum Gasteiger partial charge on any atom is -0.478 e. The van der Waals surface area contributed by atoms with E-state index in [1.807, 2.05) is 0 Å². The smallest absolute Gasteiger partial charge is 0.337 e. The Morgan fingerprint density at radius 2 is 1.90 bits per heavy atom. The number of nitrogens with one attached hydrogen (secondary N) is 1. The van der Waals surface area contributed by atoms with Crippen molar-refractivity contribution in [3.63, 3.8) is 0 Å². The number of aromatic nitrogens is 1. The van der Waals surface area contributed by atoms with Crippen molar-refractivity contribution < 1.29 is 18.3 Å². The topological polar surface area (TPSA) is 96.4 Å². The average Bonchev–Trinajstić information content (AvgIpc) is 2.41. The summed E-state index contributed by atoms with van der Waals surface area (Å²) in [5.41, 5.74) is -0.0567. The van der Waals surface area contributed by atoms with E-state index in [1.165, 1.54) is 30.3 Å². The van der Waals surface area contributed by atoms with E-state index < -0.39 is 16.0 Å². The van der Waals surface area contributed by atoms with Gasteiger partial charge in [-0.15, -0.1) is 0 Å². The third-order valence-corrected chi connectivity index (χ3v) is 4.78. The molecule has 1 aromatic heterocycles. The van der Waals surface area contributed by atoms with Gasteiger partial charge < -0.3 is 5.11 Å². The number of pyridine rings is 1. The molecule has 0 saturated heterocycles. The number of benzene rings is 1. The van der Waals surface area contributed by atoms with Gasteiger partial charge in [0, 0.05) is 6.20 Å². The summed E-state index contributed by atoms with van der Waals surface area (Å²) in [6, 6.07) is 6.67. The second-order valence-corrected chi connectivity index (χ2v) is 6.33. The van der Waals surface area contributed by atoms with E-state index >= 15 is 0 Å². The lowest BCUT2D eigenvalue weighted by molar-refractivity contribution is 0.0696. The molecular weight excluding hydrogens is 339 g/mol. The molecule has 2 rings (SSSR count). The Morgan fingerprint density at radius 3 is 2.48 bits per heavy atom. The standard InChI is InChI=1S/C12H8Cl2N2O4S/c13-8-2-1-3-9(11(8)14)21(19,20)16-10-5-4-7(6-15-10)12(17)18/h1-6H,(H,15,16)(H,17,18). The first-order valence-electron chi connectivity index (χ1n) is 5.47. The lowest BCUT2D eigenvalue weighted by Gasteiger charge is -2.09. The molecule has 0 radical (unpaired) electrons. The Labute approximate surface area is 130 Å². The molecule has 0 spiro atoms. The molecule has 1 aromatic carbocycles. The summed E-state index contributed by atoms with van der Waals surface area (Å²) in [4.78, 5) is 14.2. The number of carboxylic acids is 1. The normalized spacial score (nSPS) is 11.1. The lowest BCUT2D eigenvalue weighted by Crippen LogP contribution is -2.14.